The molecule has 0 saturated heterocycles. The van der Waals surface area contributed by atoms with E-state index in [1.807, 2.05) is 12.1 Å². The van der Waals surface area contributed by atoms with Crippen molar-refractivity contribution in [2.24, 2.45) is 0 Å². The molecule has 0 spiro atoms. The molecule has 8 nitrogen and oxygen atoms in total. The zero-order valence-electron chi connectivity index (χ0n) is 17.6. The minimum Gasteiger partial charge on any atom is -0.461 e. The van der Waals surface area contributed by atoms with Gasteiger partial charge in [-0.25, -0.2) is 9.37 Å². The summed E-state index contributed by atoms with van der Waals surface area (Å²) in [7, 11) is 0. The highest BCUT2D eigenvalue weighted by Gasteiger charge is 2.19. The van der Waals surface area contributed by atoms with Gasteiger partial charge in [0.05, 0.1) is 17.7 Å². The third-order valence-electron chi connectivity index (χ3n) is 4.77. The topological polar surface area (TPSA) is 98.7 Å². The molecule has 34 heavy (non-hydrogen) atoms. The van der Waals surface area contributed by atoms with Crippen molar-refractivity contribution >= 4 is 29.0 Å². The molecule has 0 bridgehead atoms. The van der Waals surface area contributed by atoms with Crippen LogP contribution in [0.3, 0.4) is 0 Å². The Morgan fingerprint density at radius 2 is 1.94 bits per heavy atom. The second-order valence-electron chi connectivity index (χ2n) is 7.05. The highest BCUT2D eigenvalue weighted by Crippen LogP contribution is 2.30. The summed E-state index contributed by atoms with van der Waals surface area (Å²) in [6.07, 6.45) is 4.92. The van der Waals surface area contributed by atoms with Gasteiger partial charge in [-0.2, -0.15) is 0 Å². The fraction of sp³-hybridized carbons (Fsp3) is 0.0870. The van der Waals surface area contributed by atoms with E-state index in [9.17, 15) is 9.18 Å². The van der Waals surface area contributed by atoms with Crippen molar-refractivity contribution in [3.8, 4) is 17.3 Å². The van der Waals surface area contributed by atoms with Crippen LogP contribution in [0.4, 0.5) is 4.39 Å². The number of halogens is 1. The van der Waals surface area contributed by atoms with E-state index in [1.54, 1.807) is 52.9 Å². The van der Waals surface area contributed by atoms with Gasteiger partial charge in [0.2, 0.25) is 5.82 Å². The molecule has 5 rings (SSSR count). The zero-order valence-corrected chi connectivity index (χ0v) is 19.2. The van der Waals surface area contributed by atoms with E-state index >= 15 is 0 Å². The van der Waals surface area contributed by atoms with Gasteiger partial charge in [-0.1, -0.05) is 11.8 Å². The first-order chi connectivity index (χ1) is 16.7. The van der Waals surface area contributed by atoms with Gasteiger partial charge in [-0.3, -0.25) is 14.3 Å². The van der Waals surface area contributed by atoms with Crippen LogP contribution in [0.1, 0.15) is 21.1 Å². The van der Waals surface area contributed by atoms with Crippen LogP contribution < -0.4 is 5.32 Å². The molecule has 5 aromatic rings. The summed E-state index contributed by atoms with van der Waals surface area (Å²) in [5, 5.41) is 14.5. The summed E-state index contributed by atoms with van der Waals surface area (Å²) in [5.74, 6) is 0.974. The van der Waals surface area contributed by atoms with Crippen LogP contribution in [0.15, 0.2) is 82.1 Å². The number of thioether (sulfide) groups is 1. The molecule has 0 atom stereocenters. The maximum atomic E-state index is 13.5. The van der Waals surface area contributed by atoms with Crippen molar-refractivity contribution < 1.29 is 13.6 Å². The molecule has 4 aromatic heterocycles. The predicted molar refractivity (Wildman–Crippen MR) is 126 cm³/mol. The minimum atomic E-state index is -0.330. The van der Waals surface area contributed by atoms with Crippen molar-refractivity contribution in [1.29, 1.82) is 0 Å². The average molecular weight is 493 g/mol. The van der Waals surface area contributed by atoms with Crippen molar-refractivity contribution in [2.45, 2.75) is 17.5 Å². The molecule has 11 heteroatoms. The second kappa shape index (κ2) is 9.98. The Balaban J connectivity index is 1.30. The summed E-state index contributed by atoms with van der Waals surface area (Å²) in [6, 6.07) is 13.3. The highest BCUT2D eigenvalue weighted by atomic mass is 32.2. The lowest BCUT2D eigenvalue weighted by Gasteiger charge is -2.08. The van der Waals surface area contributed by atoms with E-state index in [0.29, 0.717) is 40.4 Å². The molecular weight excluding hydrogens is 475 g/mol. The first kappa shape index (κ1) is 22.0. The van der Waals surface area contributed by atoms with Gasteiger partial charge in [0.15, 0.2) is 10.9 Å². The molecule has 0 aliphatic carbocycles. The third kappa shape index (κ3) is 4.90. The van der Waals surface area contributed by atoms with E-state index < -0.39 is 0 Å². The van der Waals surface area contributed by atoms with Gasteiger partial charge < -0.3 is 9.73 Å². The lowest BCUT2D eigenvalue weighted by molar-refractivity contribution is 0.0946. The number of benzene rings is 1. The van der Waals surface area contributed by atoms with Crippen LogP contribution in [-0.2, 0) is 12.3 Å². The number of carbonyl (C=O) groups is 1. The first-order valence-corrected chi connectivity index (χ1v) is 12.0. The number of hydrogen-bond donors (Lipinski definition) is 1. The molecule has 1 amide bonds. The molecule has 4 heterocycles. The quantitative estimate of drug-likeness (QED) is 0.312. The summed E-state index contributed by atoms with van der Waals surface area (Å²) in [4.78, 5) is 20.9. The second-order valence-corrected chi connectivity index (χ2v) is 8.93. The highest BCUT2D eigenvalue weighted by molar-refractivity contribution is 7.98. The number of aromatic nitrogens is 5. The van der Waals surface area contributed by atoms with Crippen molar-refractivity contribution in [1.82, 2.24) is 30.0 Å². The lowest BCUT2D eigenvalue weighted by atomic mass is 10.2. The SMILES string of the molecule is O=C(NCc1ccncc1)c1csc(CSc2nnc(-c3ccco3)n2-c2ccc(F)cc2)n1. The summed E-state index contributed by atoms with van der Waals surface area (Å²) < 4.78 is 20.8. The summed E-state index contributed by atoms with van der Waals surface area (Å²) in [6.45, 7) is 0.402. The molecule has 0 aliphatic heterocycles. The molecule has 0 aliphatic rings. The Hall–Kier alpha value is -3.83. The number of furan rings is 1. The Labute approximate surface area is 201 Å². The van der Waals surface area contributed by atoms with E-state index in [2.05, 4.69) is 25.5 Å². The molecule has 170 valence electrons. The monoisotopic (exact) mass is 492 g/mol. The van der Waals surface area contributed by atoms with Gasteiger partial charge in [-0.15, -0.1) is 21.5 Å². The van der Waals surface area contributed by atoms with Crippen molar-refractivity contribution in [3.05, 3.63) is 94.7 Å². The zero-order chi connectivity index (χ0) is 23.3. The molecule has 1 N–H and O–H groups in total. The Morgan fingerprint density at radius 3 is 2.71 bits per heavy atom. The maximum Gasteiger partial charge on any atom is 0.271 e. The smallest absolute Gasteiger partial charge is 0.271 e. The van der Waals surface area contributed by atoms with Crippen LogP contribution in [0, 0.1) is 5.82 Å². The van der Waals surface area contributed by atoms with E-state index in [0.717, 1.165) is 10.6 Å². The third-order valence-corrected chi connectivity index (χ3v) is 6.74. The molecule has 0 saturated carbocycles. The Morgan fingerprint density at radius 1 is 1.12 bits per heavy atom. The number of nitrogens with one attached hydrogen (secondary N) is 1. The summed E-state index contributed by atoms with van der Waals surface area (Å²) in [5.41, 5.74) is 2.03. The standard InChI is InChI=1S/C23H17FN6O2S2/c24-16-3-5-17(6-4-16)30-21(19-2-1-11-32-19)28-29-23(30)34-14-20-27-18(13-33-20)22(31)26-12-15-7-9-25-10-8-15/h1-11,13H,12,14H2,(H,26,31). The van der Waals surface area contributed by atoms with Crippen molar-refractivity contribution in [2.75, 3.05) is 0 Å². The summed E-state index contributed by atoms with van der Waals surface area (Å²) >= 11 is 2.81. The predicted octanol–water partition coefficient (Wildman–Crippen LogP) is 4.74. The van der Waals surface area contributed by atoms with Crippen LogP contribution in [0.2, 0.25) is 0 Å². The normalized spacial score (nSPS) is 11.0. The number of pyridine rings is 1. The molecule has 0 fully saturated rings. The van der Waals surface area contributed by atoms with E-state index in [-0.39, 0.29) is 11.7 Å². The van der Waals surface area contributed by atoms with Gasteiger partial charge in [0.25, 0.3) is 5.91 Å². The van der Waals surface area contributed by atoms with Gasteiger partial charge in [0.1, 0.15) is 16.5 Å². The van der Waals surface area contributed by atoms with Crippen LogP contribution >= 0.6 is 23.1 Å². The maximum absolute atomic E-state index is 13.5. The first-order valence-electron chi connectivity index (χ1n) is 10.2. The van der Waals surface area contributed by atoms with Crippen LogP contribution in [0.5, 0.6) is 0 Å². The number of rotatable bonds is 8. The van der Waals surface area contributed by atoms with Gasteiger partial charge >= 0.3 is 0 Å². The minimum absolute atomic E-state index is 0.237. The Kier molecular flexibility index (Phi) is 6.45. The van der Waals surface area contributed by atoms with Gasteiger partial charge in [-0.05, 0) is 54.1 Å². The van der Waals surface area contributed by atoms with Crippen LogP contribution in [-0.4, -0.2) is 30.6 Å². The number of amides is 1. The largest absolute Gasteiger partial charge is 0.461 e. The Bertz CT molecular complexity index is 1380. The fourth-order valence-corrected chi connectivity index (χ4v) is 4.88. The van der Waals surface area contributed by atoms with E-state index in [1.165, 1.54) is 35.2 Å². The molecule has 1 aromatic carbocycles. The lowest BCUT2D eigenvalue weighted by Crippen LogP contribution is -2.23. The molecule has 0 radical (unpaired) electrons. The fourth-order valence-electron chi connectivity index (χ4n) is 3.13. The number of carbonyl (C=O) groups excluding carboxylic acids is 1. The van der Waals surface area contributed by atoms with E-state index in [4.69, 9.17) is 4.42 Å². The number of hydrogen-bond acceptors (Lipinski definition) is 8. The number of thiazole rings is 1. The van der Waals surface area contributed by atoms with Gasteiger partial charge in [0, 0.05) is 24.3 Å². The number of nitrogens with zero attached hydrogens (tertiary/aromatic N) is 5. The average Bonchev–Trinajstić information content (AvgIpc) is 3.63. The molecular formula is C23H17FN6O2S2. The van der Waals surface area contributed by atoms with Crippen molar-refractivity contribution in [3.63, 3.8) is 0 Å². The molecule has 0 unspecified atom stereocenters. The van der Waals surface area contributed by atoms with Crippen LogP contribution in [0.25, 0.3) is 17.3 Å².